The summed E-state index contributed by atoms with van der Waals surface area (Å²) in [4.78, 5) is 5.87. The third kappa shape index (κ3) is 5.92. The van der Waals surface area contributed by atoms with Crippen molar-refractivity contribution in [3.05, 3.63) is 51.6 Å². The summed E-state index contributed by atoms with van der Waals surface area (Å²) < 4.78 is 41.1. The first-order valence-electron chi connectivity index (χ1n) is 8.62. The van der Waals surface area contributed by atoms with Crippen LogP contribution in [0, 0.1) is 0 Å². The van der Waals surface area contributed by atoms with E-state index in [0.717, 1.165) is 11.8 Å². The minimum Gasteiger partial charge on any atom is -0.357 e. The van der Waals surface area contributed by atoms with Gasteiger partial charge in [0.25, 0.3) is 0 Å². The van der Waals surface area contributed by atoms with Crippen LogP contribution in [0.3, 0.4) is 0 Å². The van der Waals surface area contributed by atoms with Crippen molar-refractivity contribution in [3.8, 4) is 0 Å². The number of rotatable bonds is 5. The zero-order valence-electron chi connectivity index (χ0n) is 15.6. The molecule has 0 spiro atoms. The number of likely N-dealkylation sites (tertiary alicyclic amines) is 1. The summed E-state index contributed by atoms with van der Waals surface area (Å²) in [6.45, 7) is 8.27. The lowest BCUT2D eigenvalue weighted by Gasteiger charge is -2.38. The predicted octanol–water partition coefficient (Wildman–Crippen LogP) is 6.28. The van der Waals surface area contributed by atoms with Crippen LogP contribution in [0.2, 0.25) is 10.0 Å². The van der Waals surface area contributed by atoms with Gasteiger partial charge >= 0.3 is 6.18 Å². The number of hydrogen-bond acceptors (Lipinski definition) is 4. The number of alkyl halides is 3. The van der Waals surface area contributed by atoms with E-state index in [4.69, 9.17) is 28.9 Å². The molecule has 2 N–H and O–H groups in total. The van der Waals surface area contributed by atoms with Gasteiger partial charge in [-0.2, -0.15) is 13.2 Å². The van der Waals surface area contributed by atoms with Crippen molar-refractivity contribution >= 4 is 40.7 Å². The van der Waals surface area contributed by atoms with E-state index < -0.39 is 11.9 Å². The standard InChI is InChI=1S/C19H22Cl2F3N3S/c1-4-15(27-10-8-18(3,25)9-11-27)26-17(19(22,23)24)12(2)28-14-7-5-6-13(20)16(14)21/h4-7H,2,8-11,25H2,1,3H3/b15-4+,26-17+. The van der Waals surface area contributed by atoms with Gasteiger partial charge in [-0.05, 0) is 44.9 Å². The number of benzene rings is 1. The van der Waals surface area contributed by atoms with Crippen molar-refractivity contribution in [2.75, 3.05) is 13.1 Å². The van der Waals surface area contributed by atoms with Crippen molar-refractivity contribution in [2.45, 2.75) is 43.3 Å². The maximum Gasteiger partial charge on any atom is 0.434 e. The van der Waals surface area contributed by atoms with Gasteiger partial charge in [0.2, 0.25) is 0 Å². The smallest absolute Gasteiger partial charge is 0.357 e. The highest BCUT2D eigenvalue weighted by atomic mass is 35.5. The Hall–Kier alpha value is -1.15. The second-order valence-corrected chi connectivity index (χ2v) is 8.75. The topological polar surface area (TPSA) is 41.6 Å². The summed E-state index contributed by atoms with van der Waals surface area (Å²) in [6, 6.07) is 4.76. The van der Waals surface area contributed by atoms with Crippen molar-refractivity contribution < 1.29 is 13.2 Å². The van der Waals surface area contributed by atoms with Crippen LogP contribution in [0.1, 0.15) is 26.7 Å². The highest BCUT2D eigenvalue weighted by molar-refractivity contribution is 8.04. The molecule has 154 valence electrons. The SMILES string of the molecule is C=C(Sc1cccc(Cl)c1Cl)/C(=N\C(=C/C)N1CCC(C)(N)CC1)C(F)(F)F. The van der Waals surface area contributed by atoms with Crippen LogP contribution in [-0.4, -0.2) is 35.4 Å². The van der Waals surface area contributed by atoms with Gasteiger partial charge in [0.1, 0.15) is 5.82 Å². The fraction of sp³-hybridized carbons (Fsp3) is 0.421. The lowest BCUT2D eigenvalue weighted by molar-refractivity contribution is -0.0580. The zero-order valence-corrected chi connectivity index (χ0v) is 17.9. The lowest BCUT2D eigenvalue weighted by atomic mass is 9.91. The summed E-state index contributed by atoms with van der Waals surface area (Å²) >= 11 is 12.8. The first-order chi connectivity index (χ1) is 12.9. The molecule has 0 saturated carbocycles. The largest absolute Gasteiger partial charge is 0.434 e. The summed E-state index contributed by atoms with van der Waals surface area (Å²) in [6.07, 6.45) is -1.75. The van der Waals surface area contributed by atoms with Crippen molar-refractivity contribution in [1.82, 2.24) is 4.90 Å². The second kappa shape index (κ2) is 9.11. The zero-order chi connectivity index (χ0) is 21.1. The molecule has 1 fully saturated rings. The average molecular weight is 452 g/mol. The molecule has 0 atom stereocenters. The fourth-order valence-electron chi connectivity index (χ4n) is 2.71. The molecule has 1 saturated heterocycles. The van der Waals surface area contributed by atoms with E-state index in [1.54, 1.807) is 31.2 Å². The molecule has 28 heavy (non-hydrogen) atoms. The van der Waals surface area contributed by atoms with E-state index in [0.29, 0.717) is 30.8 Å². The normalized spacial score (nSPS) is 18.4. The lowest BCUT2D eigenvalue weighted by Crippen LogP contribution is -2.47. The first kappa shape index (κ1) is 23.1. The molecule has 1 heterocycles. The molecule has 1 aliphatic rings. The minimum atomic E-state index is -4.67. The summed E-state index contributed by atoms with van der Waals surface area (Å²) in [5, 5.41) is 0.443. The van der Waals surface area contributed by atoms with E-state index in [-0.39, 0.29) is 26.3 Å². The molecule has 0 amide bonds. The molecular formula is C19H22Cl2F3N3S. The molecular weight excluding hydrogens is 430 g/mol. The van der Waals surface area contributed by atoms with Gasteiger partial charge in [-0.3, -0.25) is 0 Å². The highest BCUT2D eigenvalue weighted by Gasteiger charge is 2.39. The Morgan fingerprint density at radius 2 is 1.93 bits per heavy atom. The Bertz CT molecular complexity index is 794. The average Bonchev–Trinajstić information content (AvgIpc) is 2.59. The number of nitrogens with zero attached hydrogens (tertiary/aromatic N) is 2. The maximum absolute atomic E-state index is 13.7. The van der Waals surface area contributed by atoms with Crippen molar-refractivity contribution in [1.29, 1.82) is 0 Å². The van der Waals surface area contributed by atoms with Crippen LogP contribution in [0.5, 0.6) is 0 Å². The number of hydrogen-bond donors (Lipinski definition) is 1. The van der Waals surface area contributed by atoms with Crippen LogP contribution in [0.25, 0.3) is 0 Å². The molecule has 0 bridgehead atoms. The third-order valence-electron chi connectivity index (χ3n) is 4.40. The van der Waals surface area contributed by atoms with Gasteiger partial charge in [0.05, 0.1) is 10.0 Å². The second-order valence-electron chi connectivity index (χ2n) is 6.82. The Labute approximate surface area is 177 Å². The highest BCUT2D eigenvalue weighted by Crippen LogP contribution is 2.39. The molecule has 2 rings (SSSR count). The van der Waals surface area contributed by atoms with Crippen molar-refractivity contribution in [3.63, 3.8) is 0 Å². The number of piperidine rings is 1. The minimum absolute atomic E-state index is 0.182. The molecule has 1 aromatic carbocycles. The van der Waals surface area contributed by atoms with Gasteiger partial charge in [-0.1, -0.05) is 47.6 Å². The Kier molecular flexibility index (Phi) is 7.53. The summed E-state index contributed by atoms with van der Waals surface area (Å²) in [5.41, 5.74) is 4.75. The maximum atomic E-state index is 13.7. The van der Waals surface area contributed by atoms with Crippen molar-refractivity contribution in [2.24, 2.45) is 10.7 Å². The number of halogens is 5. The van der Waals surface area contributed by atoms with E-state index in [9.17, 15) is 13.2 Å². The van der Waals surface area contributed by atoms with Gasteiger partial charge in [0.15, 0.2) is 5.71 Å². The summed E-state index contributed by atoms with van der Waals surface area (Å²) in [5.74, 6) is 0.252. The first-order valence-corrected chi connectivity index (χ1v) is 10.2. The van der Waals surface area contributed by atoms with E-state index in [1.165, 1.54) is 0 Å². The van der Waals surface area contributed by atoms with Crippen LogP contribution < -0.4 is 5.73 Å². The number of nitrogens with two attached hydrogens (primary N) is 1. The molecule has 0 unspecified atom stereocenters. The van der Waals surface area contributed by atoms with E-state index >= 15 is 0 Å². The van der Waals surface area contributed by atoms with Crippen LogP contribution >= 0.6 is 35.0 Å². The van der Waals surface area contributed by atoms with Crippen LogP contribution in [0.15, 0.2) is 51.5 Å². The van der Waals surface area contributed by atoms with Crippen LogP contribution in [0.4, 0.5) is 13.2 Å². The predicted molar refractivity (Wildman–Crippen MR) is 112 cm³/mol. The molecule has 0 aromatic heterocycles. The quantitative estimate of drug-likeness (QED) is 0.423. The van der Waals surface area contributed by atoms with Gasteiger partial charge < -0.3 is 10.6 Å². The van der Waals surface area contributed by atoms with E-state index in [1.807, 2.05) is 11.8 Å². The summed E-state index contributed by atoms with van der Waals surface area (Å²) in [7, 11) is 0. The molecule has 0 radical (unpaired) electrons. The number of allylic oxidation sites excluding steroid dienone is 2. The van der Waals surface area contributed by atoms with Gasteiger partial charge in [-0.15, -0.1) is 0 Å². The monoisotopic (exact) mass is 451 g/mol. The fourth-order valence-corrected chi connectivity index (χ4v) is 4.05. The Morgan fingerprint density at radius 3 is 2.46 bits per heavy atom. The third-order valence-corrected chi connectivity index (χ3v) is 6.33. The number of aliphatic imine (C=N–C) groups is 1. The van der Waals surface area contributed by atoms with Gasteiger partial charge in [-0.25, -0.2) is 4.99 Å². The number of thioether (sulfide) groups is 1. The molecule has 3 nitrogen and oxygen atoms in total. The molecule has 1 aromatic rings. The van der Waals surface area contributed by atoms with Gasteiger partial charge in [0, 0.05) is 28.4 Å². The molecule has 9 heteroatoms. The Morgan fingerprint density at radius 1 is 1.32 bits per heavy atom. The molecule has 0 aliphatic carbocycles. The Balaban J connectivity index is 2.29. The molecule has 1 aliphatic heterocycles. The van der Waals surface area contributed by atoms with Crippen LogP contribution in [-0.2, 0) is 0 Å². The van der Waals surface area contributed by atoms with E-state index in [2.05, 4.69) is 11.6 Å².